The summed E-state index contributed by atoms with van der Waals surface area (Å²) in [6.45, 7) is 0. The molecule has 0 aliphatic rings. The van der Waals surface area contributed by atoms with Crippen LogP contribution in [0.25, 0.3) is 0 Å². The van der Waals surface area contributed by atoms with E-state index >= 15 is 0 Å². The summed E-state index contributed by atoms with van der Waals surface area (Å²) in [4.78, 5) is 23.5. The van der Waals surface area contributed by atoms with Crippen molar-refractivity contribution in [3.05, 3.63) is 29.8 Å². The number of nitrogens with zero attached hydrogens (tertiary/aromatic N) is 1. The van der Waals surface area contributed by atoms with Crippen LogP contribution in [0.4, 0.5) is 4.79 Å². The van der Waals surface area contributed by atoms with Crippen LogP contribution < -0.4 is 10.1 Å². The summed E-state index contributed by atoms with van der Waals surface area (Å²) in [6, 6.07) is 6.14. The third kappa shape index (κ3) is 4.59. The number of carboxylic acid groups (broad SMARTS) is 1. The molecule has 1 rings (SSSR count). The highest BCUT2D eigenvalue weighted by Crippen LogP contribution is 2.14. The van der Waals surface area contributed by atoms with Gasteiger partial charge in [0.1, 0.15) is 11.8 Å². The van der Waals surface area contributed by atoms with Crippen LogP contribution in [0.3, 0.4) is 0 Å². The molecule has 0 aromatic heterocycles. The summed E-state index contributed by atoms with van der Waals surface area (Å²) in [5.74, 6) is -0.468. The minimum absolute atomic E-state index is 0.369. The number of rotatable bonds is 5. The maximum absolute atomic E-state index is 11.3. The number of nitrogens with one attached hydrogen (secondary N) is 1. The van der Waals surface area contributed by atoms with Crippen molar-refractivity contribution >= 4 is 12.1 Å². The summed E-state index contributed by atoms with van der Waals surface area (Å²) in [6.07, 6.45) is -0.0836. The molecule has 1 aromatic carbocycles. The lowest BCUT2D eigenvalue weighted by Crippen LogP contribution is -2.35. The summed E-state index contributed by atoms with van der Waals surface area (Å²) >= 11 is 0. The molecule has 1 aromatic rings. The second-order valence-electron chi connectivity index (χ2n) is 4.29. The van der Waals surface area contributed by atoms with Gasteiger partial charge in [0.25, 0.3) is 0 Å². The van der Waals surface area contributed by atoms with Crippen molar-refractivity contribution in [1.29, 1.82) is 0 Å². The molecule has 1 amide bonds. The van der Waals surface area contributed by atoms with Crippen molar-refractivity contribution in [2.45, 2.75) is 12.5 Å². The van der Waals surface area contributed by atoms with E-state index in [1.54, 1.807) is 45.4 Å². The van der Waals surface area contributed by atoms with Crippen molar-refractivity contribution in [3.8, 4) is 5.75 Å². The molecule has 1 atom stereocenters. The van der Waals surface area contributed by atoms with Gasteiger partial charge in [0.15, 0.2) is 0 Å². The van der Waals surface area contributed by atoms with E-state index in [1.165, 1.54) is 4.90 Å². The Labute approximate surface area is 112 Å². The largest absolute Gasteiger partial charge is 0.480 e. The highest BCUT2D eigenvalue weighted by atomic mass is 16.6. The second kappa shape index (κ2) is 6.75. The first-order valence-electron chi connectivity index (χ1n) is 5.82. The first kappa shape index (κ1) is 15.0. The molecule has 0 aliphatic carbocycles. The Bertz CT molecular complexity index is 442. The summed E-state index contributed by atoms with van der Waals surface area (Å²) in [5.41, 5.74) is 0.853. The molecule has 0 saturated carbocycles. The van der Waals surface area contributed by atoms with Crippen LogP contribution in [0.1, 0.15) is 5.56 Å². The fraction of sp³-hybridized carbons (Fsp3) is 0.385. The molecule has 1 unspecified atom stereocenters. The molecular weight excluding hydrogens is 248 g/mol. The lowest BCUT2D eigenvalue weighted by atomic mass is 10.1. The first-order chi connectivity index (χ1) is 8.93. The quantitative estimate of drug-likeness (QED) is 0.830. The zero-order chi connectivity index (χ0) is 14.4. The van der Waals surface area contributed by atoms with Crippen LogP contribution in [-0.4, -0.2) is 49.3 Å². The molecule has 19 heavy (non-hydrogen) atoms. The van der Waals surface area contributed by atoms with Gasteiger partial charge in [-0.3, -0.25) is 4.79 Å². The van der Waals surface area contributed by atoms with Crippen molar-refractivity contribution < 1.29 is 19.4 Å². The number of carbonyl (C=O) groups is 2. The van der Waals surface area contributed by atoms with E-state index in [1.807, 2.05) is 0 Å². The number of ether oxygens (including phenoxy) is 1. The minimum Gasteiger partial charge on any atom is -0.480 e. The zero-order valence-corrected chi connectivity index (χ0v) is 11.2. The van der Waals surface area contributed by atoms with E-state index in [0.29, 0.717) is 12.2 Å². The monoisotopic (exact) mass is 266 g/mol. The molecule has 0 aliphatic heterocycles. The molecule has 2 N–H and O–H groups in total. The van der Waals surface area contributed by atoms with Gasteiger partial charge in [0.2, 0.25) is 0 Å². The highest BCUT2D eigenvalue weighted by molar-refractivity contribution is 5.74. The predicted molar refractivity (Wildman–Crippen MR) is 70.3 cm³/mol. The van der Waals surface area contributed by atoms with Gasteiger partial charge >= 0.3 is 12.1 Å². The maximum atomic E-state index is 11.3. The molecule has 0 radical (unpaired) electrons. The number of aliphatic carboxylic acids is 1. The number of hydrogen-bond donors (Lipinski definition) is 2. The summed E-state index contributed by atoms with van der Waals surface area (Å²) < 4.78 is 5.06. The number of benzene rings is 1. The van der Waals surface area contributed by atoms with E-state index in [9.17, 15) is 9.59 Å². The van der Waals surface area contributed by atoms with Gasteiger partial charge in [0, 0.05) is 14.1 Å². The zero-order valence-electron chi connectivity index (χ0n) is 11.2. The normalized spacial score (nSPS) is 11.7. The third-order valence-electron chi connectivity index (χ3n) is 2.58. The lowest BCUT2D eigenvalue weighted by Gasteiger charge is -2.12. The van der Waals surface area contributed by atoms with Crippen LogP contribution in [0, 0.1) is 0 Å². The molecule has 0 bridgehead atoms. The second-order valence-corrected chi connectivity index (χ2v) is 4.29. The van der Waals surface area contributed by atoms with E-state index in [0.717, 1.165) is 5.56 Å². The summed E-state index contributed by atoms with van der Waals surface area (Å²) in [7, 11) is 4.80. The number of amides is 1. The molecule has 104 valence electrons. The van der Waals surface area contributed by atoms with Crippen LogP contribution in [0.5, 0.6) is 5.75 Å². The van der Waals surface area contributed by atoms with Crippen molar-refractivity contribution in [2.75, 3.05) is 21.1 Å². The maximum Gasteiger partial charge on any atom is 0.414 e. The SMILES string of the molecule is CNC(Cc1ccc(OC(=O)N(C)C)cc1)C(=O)O. The molecule has 6 nitrogen and oxygen atoms in total. The third-order valence-corrected chi connectivity index (χ3v) is 2.58. The van der Waals surface area contributed by atoms with Gasteiger partial charge in [-0.25, -0.2) is 4.79 Å². The van der Waals surface area contributed by atoms with Gasteiger partial charge in [-0.05, 0) is 31.2 Å². The van der Waals surface area contributed by atoms with E-state index in [4.69, 9.17) is 9.84 Å². The smallest absolute Gasteiger partial charge is 0.414 e. The molecule has 0 fully saturated rings. The van der Waals surface area contributed by atoms with E-state index in [-0.39, 0.29) is 0 Å². The van der Waals surface area contributed by atoms with Crippen molar-refractivity contribution in [2.24, 2.45) is 0 Å². The van der Waals surface area contributed by atoms with E-state index < -0.39 is 18.1 Å². The Morgan fingerprint density at radius 3 is 2.32 bits per heavy atom. The number of likely N-dealkylation sites (N-methyl/N-ethyl adjacent to an activating group) is 1. The van der Waals surface area contributed by atoms with Gasteiger partial charge in [0.05, 0.1) is 0 Å². The number of hydrogen-bond acceptors (Lipinski definition) is 4. The Kier molecular flexibility index (Phi) is 5.32. The molecule has 0 spiro atoms. The van der Waals surface area contributed by atoms with Crippen molar-refractivity contribution in [1.82, 2.24) is 10.2 Å². The Morgan fingerprint density at radius 2 is 1.89 bits per heavy atom. The fourth-order valence-corrected chi connectivity index (χ4v) is 1.43. The van der Waals surface area contributed by atoms with Gasteiger partial charge in [-0.15, -0.1) is 0 Å². The van der Waals surface area contributed by atoms with Crippen LogP contribution in [0.2, 0.25) is 0 Å². The van der Waals surface area contributed by atoms with Gasteiger partial charge in [-0.2, -0.15) is 0 Å². The average molecular weight is 266 g/mol. The number of carboxylic acids is 1. The standard InChI is InChI=1S/C13H18N2O4/c1-14-11(12(16)17)8-9-4-6-10(7-5-9)19-13(18)15(2)3/h4-7,11,14H,8H2,1-3H3,(H,16,17). The fourth-order valence-electron chi connectivity index (χ4n) is 1.43. The topological polar surface area (TPSA) is 78.9 Å². The highest BCUT2D eigenvalue weighted by Gasteiger charge is 2.15. The first-order valence-corrected chi connectivity index (χ1v) is 5.82. The van der Waals surface area contributed by atoms with E-state index in [2.05, 4.69) is 5.32 Å². The lowest BCUT2D eigenvalue weighted by molar-refractivity contribution is -0.139. The Morgan fingerprint density at radius 1 is 1.32 bits per heavy atom. The molecule has 6 heteroatoms. The predicted octanol–water partition coefficient (Wildman–Crippen LogP) is 0.962. The molecular formula is C13H18N2O4. The van der Waals surface area contributed by atoms with Gasteiger partial charge in [-0.1, -0.05) is 12.1 Å². The average Bonchev–Trinajstić information content (AvgIpc) is 2.37. The summed E-state index contributed by atoms with van der Waals surface area (Å²) in [5, 5.41) is 11.7. The van der Waals surface area contributed by atoms with Gasteiger partial charge < -0.3 is 20.1 Å². The molecule has 0 saturated heterocycles. The minimum atomic E-state index is -0.898. The Balaban J connectivity index is 2.66. The van der Waals surface area contributed by atoms with Crippen LogP contribution in [0.15, 0.2) is 24.3 Å². The number of carbonyl (C=O) groups excluding carboxylic acids is 1. The van der Waals surface area contributed by atoms with Crippen molar-refractivity contribution in [3.63, 3.8) is 0 Å². The van der Waals surface area contributed by atoms with Crippen LogP contribution >= 0.6 is 0 Å². The Hall–Kier alpha value is -2.08. The molecule has 0 heterocycles. The van der Waals surface area contributed by atoms with Crippen LogP contribution in [-0.2, 0) is 11.2 Å².